The van der Waals surface area contributed by atoms with E-state index in [1.165, 1.54) is 30.3 Å². The summed E-state index contributed by atoms with van der Waals surface area (Å²) in [5.41, 5.74) is 8.27. The highest BCUT2D eigenvalue weighted by molar-refractivity contribution is 9.09. The Kier molecular flexibility index (Phi) is 31.3. The maximum Gasteiger partial charge on any atom is 0.262 e. The van der Waals surface area contributed by atoms with Gasteiger partial charge in [-0.1, -0.05) is 116 Å². The summed E-state index contributed by atoms with van der Waals surface area (Å²) >= 11 is 2.98. The molecule has 3 N–H and O–H groups in total. The van der Waals surface area contributed by atoms with Crippen LogP contribution in [0.3, 0.4) is 0 Å². The van der Waals surface area contributed by atoms with Crippen molar-refractivity contribution in [2.45, 2.75) is 83.5 Å². The van der Waals surface area contributed by atoms with Gasteiger partial charge in [-0.25, -0.2) is 10.1 Å². The molecule has 0 saturated carbocycles. The zero-order chi connectivity index (χ0) is 56.8. The van der Waals surface area contributed by atoms with E-state index in [-0.39, 0.29) is 72.1 Å². The number of halogens is 1. The van der Waals surface area contributed by atoms with Gasteiger partial charge in [-0.05, 0) is 55.9 Å². The van der Waals surface area contributed by atoms with Gasteiger partial charge in [0.15, 0.2) is 11.6 Å². The molecule has 3 aromatic carbocycles. The number of amides is 6. The van der Waals surface area contributed by atoms with Crippen LogP contribution in [0.2, 0.25) is 0 Å². The van der Waals surface area contributed by atoms with Crippen molar-refractivity contribution in [3.8, 4) is 0 Å². The van der Waals surface area contributed by atoms with Crippen LogP contribution in [0.1, 0.15) is 121 Å². The van der Waals surface area contributed by atoms with E-state index >= 15 is 0 Å². The fourth-order valence-electron chi connectivity index (χ4n) is 6.64. The lowest BCUT2D eigenvalue weighted by atomic mass is 10.0. The van der Waals surface area contributed by atoms with E-state index in [0.29, 0.717) is 63.6 Å². The molecular weight excluding hydrogens is 1030 g/mol. The Morgan fingerprint density at radius 3 is 1.29 bits per heavy atom. The van der Waals surface area contributed by atoms with Crippen LogP contribution in [-0.4, -0.2) is 143 Å². The molecule has 0 aromatic heterocycles. The lowest BCUT2D eigenvalue weighted by Crippen LogP contribution is -2.40. The normalized spacial score (nSPS) is 15.5. The average Bonchev–Trinajstić information content (AvgIpc) is 4.16. The molecule has 3 aliphatic heterocycles. The summed E-state index contributed by atoms with van der Waals surface area (Å²) in [4.78, 5) is 103. The molecule has 0 radical (unpaired) electrons. The van der Waals surface area contributed by atoms with Gasteiger partial charge in [-0.15, -0.1) is 32.9 Å². The highest BCUT2D eigenvalue weighted by Gasteiger charge is 2.39. The molecule has 0 spiro atoms. The van der Waals surface area contributed by atoms with Crippen LogP contribution in [0.5, 0.6) is 0 Å². The van der Waals surface area contributed by atoms with Gasteiger partial charge in [0, 0.05) is 37.7 Å². The number of hydrogen-bond donors (Lipinski definition) is 2. The van der Waals surface area contributed by atoms with Gasteiger partial charge in [0.1, 0.15) is 0 Å². The number of aliphatic hydroxyl groups is 1. The number of alkyl halides is 1. The van der Waals surface area contributed by atoms with E-state index in [0.717, 1.165) is 35.8 Å². The summed E-state index contributed by atoms with van der Waals surface area (Å²) in [5.74, 6) is -0.917. The monoisotopic (exact) mass is 1100 g/mol. The molecule has 1 saturated heterocycles. The highest BCUT2D eigenvalue weighted by Crippen LogP contribution is 2.27. The fraction of sp³-hybridized carbons (Fsp3) is 0.368. The topological polar surface area (TPSA) is 227 Å². The molecule has 3 aromatic rings. The molecule has 4 aliphatic rings. The van der Waals surface area contributed by atoms with Crippen molar-refractivity contribution in [3.05, 3.63) is 169 Å². The molecule has 6 amide bonds. The molecule has 7 rings (SSSR count). The Morgan fingerprint density at radius 2 is 1.05 bits per heavy atom. The predicted molar refractivity (Wildman–Crippen MR) is 294 cm³/mol. The molecule has 1 unspecified atom stereocenters. The van der Waals surface area contributed by atoms with Crippen molar-refractivity contribution >= 4 is 62.9 Å². The quantitative estimate of drug-likeness (QED) is 0.0324. The van der Waals surface area contributed by atoms with E-state index in [1.807, 2.05) is 19.9 Å². The Morgan fingerprint density at radius 1 is 0.667 bits per heavy atom. The van der Waals surface area contributed by atoms with Crippen molar-refractivity contribution in [1.29, 1.82) is 0 Å². The third-order valence-electron chi connectivity index (χ3n) is 11.7. The standard InChI is InChI=1S/C13H13NO2.C12H11NO3.C10H19NO2.C9H6O2.C5H11N.C4H8BrNO2.C4H6O/c1-3-9(4-2)14-12(15)10-7-5-6-8-11(10)13(14)16;1-2-8(7-14)13-11(15)9-5-3-4-6-10(9)12(13)16;1-5-9(6-2)7-8-10(12)11(3)13-4;10-8-5-9(11)7-4-2-1-3-6(7)8;1-3-5(6)4-2;1-6(8-2)4(7)3-5;1-2-4-3-5-4/h3,5-9H,1,4H2,2H3;2-6,8,14H,1,7H2;5,9H,1,6-8H2,2-4H3;1-4H,5H2;3,5H,1,4,6H2,2H3;3H2,1-2H3;2,4H,1,3H2/t9-;8-;9-;;5-;;/m000.0../s1. The summed E-state index contributed by atoms with van der Waals surface area (Å²) in [5, 5.41) is 11.8. The van der Waals surface area contributed by atoms with Crippen molar-refractivity contribution in [2.24, 2.45) is 11.7 Å². The first-order chi connectivity index (χ1) is 35.8. The van der Waals surface area contributed by atoms with Crippen LogP contribution in [0.25, 0.3) is 0 Å². The third kappa shape index (κ3) is 20.4. The van der Waals surface area contributed by atoms with Crippen molar-refractivity contribution in [1.82, 2.24) is 19.9 Å². The van der Waals surface area contributed by atoms with Crippen molar-refractivity contribution in [2.75, 3.05) is 46.9 Å². The number of carbonyl (C=O) groups is 8. The van der Waals surface area contributed by atoms with E-state index in [1.54, 1.807) is 105 Å². The van der Waals surface area contributed by atoms with E-state index in [9.17, 15) is 38.4 Å². The first-order valence-corrected chi connectivity index (χ1v) is 25.3. The lowest BCUT2D eigenvalue weighted by Gasteiger charge is -2.21. The molecule has 1 fully saturated rings. The zero-order valence-corrected chi connectivity index (χ0v) is 45.9. The molecule has 17 nitrogen and oxygen atoms in total. The van der Waals surface area contributed by atoms with Gasteiger partial charge < -0.3 is 15.6 Å². The van der Waals surface area contributed by atoms with Crippen LogP contribution in [0.4, 0.5) is 0 Å². The van der Waals surface area contributed by atoms with Gasteiger partial charge >= 0.3 is 0 Å². The maximum absolute atomic E-state index is 12.0. The minimum Gasteiger partial charge on any atom is -0.394 e. The third-order valence-corrected chi connectivity index (χ3v) is 12.1. The summed E-state index contributed by atoms with van der Waals surface area (Å²) in [6.45, 7) is 24.5. The van der Waals surface area contributed by atoms with E-state index < -0.39 is 6.04 Å². The second kappa shape index (κ2) is 35.4. The number of hydrogen-bond acceptors (Lipinski definition) is 13. The van der Waals surface area contributed by atoms with E-state index in [2.05, 4.69) is 60.6 Å². The summed E-state index contributed by atoms with van der Waals surface area (Å²) in [6, 6.07) is 19.8. The molecule has 18 heteroatoms. The smallest absolute Gasteiger partial charge is 0.262 e. The molecule has 3 heterocycles. The van der Waals surface area contributed by atoms with Crippen molar-refractivity contribution in [3.63, 3.8) is 0 Å². The number of carbonyl (C=O) groups excluding carboxylic acids is 8. The summed E-state index contributed by atoms with van der Waals surface area (Å²) < 4.78 is 4.74. The number of benzene rings is 3. The van der Waals surface area contributed by atoms with Crippen LogP contribution in [0.15, 0.2) is 136 Å². The number of nitrogens with zero attached hydrogens (tertiary/aromatic N) is 4. The number of aliphatic hydroxyl groups excluding tert-OH is 1. The Labute approximate surface area is 450 Å². The fourth-order valence-corrected chi connectivity index (χ4v) is 6.99. The van der Waals surface area contributed by atoms with Crippen LogP contribution < -0.4 is 5.73 Å². The molecule has 75 heavy (non-hydrogen) atoms. The number of imide groups is 2. The second-order valence-electron chi connectivity index (χ2n) is 16.5. The largest absolute Gasteiger partial charge is 0.394 e. The first kappa shape index (κ1) is 66.2. The van der Waals surface area contributed by atoms with Crippen LogP contribution in [0, 0.1) is 5.92 Å². The predicted octanol–water partition coefficient (Wildman–Crippen LogP) is 8.41. The number of nitrogens with two attached hydrogens (primary N) is 1. The van der Waals surface area contributed by atoms with Gasteiger partial charge in [-0.3, -0.25) is 57.8 Å². The second-order valence-corrected chi connectivity index (χ2v) is 17.0. The average molecular weight is 1100 g/mol. The number of Topliss-reactive ketones (excluding diaryl/α,β-unsaturated/α-hetero) is 2. The number of hydroxylamine groups is 4. The number of ketones is 2. The van der Waals surface area contributed by atoms with Crippen LogP contribution >= 0.6 is 15.9 Å². The minimum absolute atomic E-state index is 0.0165. The van der Waals surface area contributed by atoms with Crippen molar-refractivity contribution < 1.29 is 57.9 Å². The number of epoxide rings is 1. The zero-order valence-electron chi connectivity index (χ0n) is 44.3. The lowest BCUT2D eigenvalue weighted by molar-refractivity contribution is -0.168. The maximum atomic E-state index is 12.0. The molecule has 406 valence electrons. The number of allylic oxidation sites excluding steroid dienone is 1. The molecule has 5 atom stereocenters. The van der Waals surface area contributed by atoms with Gasteiger partial charge in [-0.2, -0.15) is 0 Å². The first-order valence-electron chi connectivity index (χ1n) is 24.2. The number of ether oxygens (including phenoxy) is 1. The van der Waals surface area contributed by atoms with Gasteiger partial charge in [0.2, 0.25) is 5.91 Å². The minimum atomic E-state index is -0.660. The SMILES string of the molecule is C=CC1CO1.C=C[C@@H](CC)CCC(=O)N(C)OC.C=C[C@@H](CC)N1C(=O)c2ccccc2C1=O.C=C[C@@H](CO)N1C(=O)c2ccccc2C1=O.C=C[C@H](N)CC.CON(C)C(=O)CBr.O=C1CC(=O)c2ccccc21. The van der Waals surface area contributed by atoms with Gasteiger partial charge in [0.05, 0.1) is 79.6 Å². The Bertz CT molecular complexity index is 2270. The Hall–Kier alpha value is -6.80. The van der Waals surface area contributed by atoms with E-state index in [4.69, 9.17) is 20.4 Å². The van der Waals surface area contributed by atoms with Gasteiger partial charge in [0.25, 0.3) is 29.5 Å². The molecule has 0 bridgehead atoms. The number of fused-ring (bicyclic) bond motifs is 3. The number of rotatable bonds is 17. The Balaban J connectivity index is 0.000000452. The summed E-state index contributed by atoms with van der Waals surface area (Å²) in [6.07, 6.45) is 13.0. The molecule has 1 aliphatic carbocycles. The van der Waals surface area contributed by atoms with Crippen LogP contribution in [-0.2, 0) is 24.0 Å². The summed E-state index contributed by atoms with van der Waals surface area (Å²) in [7, 11) is 6.12. The highest BCUT2D eigenvalue weighted by atomic mass is 79.9. The molecular formula is C57H74BrN5O12.